The van der Waals surface area contributed by atoms with Crippen LogP contribution in [0.25, 0.3) is 21.9 Å². The van der Waals surface area contributed by atoms with Crippen LogP contribution in [-0.2, 0) is 28.9 Å². The summed E-state index contributed by atoms with van der Waals surface area (Å²) < 4.78 is 18.8. The quantitative estimate of drug-likeness (QED) is 0.559. The Bertz CT molecular complexity index is 925. The van der Waals surface area contributed by atoms with E-state index in [1.54, 1.807) is 0 Å². The Morgan fingerprint density at radius 2 is 2.00 bits per heavy atom. The van der Waals surface area contributed by atoms with E-state index in [4.69, 9.17) is 20.6 Å². The lowest BCUT2D eigenvalue weighted by Crippen LogP contribution is -2.09. The highest BCUT2D eigenvalue weighted by molar-refractivity contribution is 7.82. The van der Waals surface area contributed by atoms with Crippen LogP contribution in [0.1, 0.15) is 32.0 Å². The minimum atomic E-state index is -1.22. The van der Waals surface area contributed by atoms with Gasteiger partial charge >= 0.3 is 0 Å². The molecule has 0 amide bonds. The lowest BCUT2D eigenvalue weighted by molar-refractivity contribution is 0.126. The van der Waals surface area contributed by atoms with E-state index in [1.165, 1.54) is 0 Å². The number of benzene rings is 1. The van der Waals surface area contributed by atoms with Crippen molar-refractivity contribution in [1.29, 1.82) is 0 Å². The smallest absolute Gasteiger partial charge is 0.152 e. The number of rotatable bonds is 9. The average Bonchev–Trinajstić information content (AvgIpc) is 2.99. The molecule has 0 aliphatic heterocycles. The van der Waals surface area contributed by atoms with Gasteiger partial charge in [0.25, 0.3) is 0 Å². The van der Waals surface area contributed by atoms with E-state index in [1.807, 2.05) is 31.2 Å². The molecule has 1 aromatic carbocycles. The number of imidazole rings is 1. The Labute approximate surface area is 155 Å². The summed E-state index contributed by atoms with van der Waals surface area (Å²) in [5, 5.41) is 6.36. The molecule has 0 aliphatic rings. The molecule has 3 rings (SSSR count). The van der Waals surface area contributed by atoms with Gasteiger partial charge in [0.1, 0.15) is 17.9 Å². The largest absolute Gasteiger partial charge is 0.382 e. The number of aromatic nitrogens is 3. The fourth-order valence-electron chi connectivity index (χ4n) is 3.14. The van der Waals surface area contributed by atoms with Crippen molar-refractivity contribution in [2.75, 3.05) is 18.1 Å². The zero-order valence-electron chi connectivity index (χ0n) is 15.0. The molecular weight excluding hydrogens is 350 g/mol. The highest BCUT2D eigenvalue weighted by Crippen LogP contribution is 2.29. The number of unbranched alkanes of at least 4 members (excludes halogenated alkanes) is 2. The van der Waals surface area contributed by atoms with E-state index in [0.29, 0.717) is 24.8 Å². The molecule has 2 heterocycles. The van der Waals surface area contributed by atoms with E-state index >= 15 is 0 Å². The van der Waals surface area contributed by atoms with Gasteiger partial charge in [-0.25, -0.2) is 14.2 Å². The fraction of sp³-hybridized carbons (Fsp3) is 0.444. The molecule has 7 nitrogen and oxygen atoms in total. The first kappa shape index (κ1) is 18.8. The zero-order valence-corrected chi connectivity index (χ0v) is 15.8. The van der Waals surface area contributed by atoms with Crippen molar-refractivity contribution in [3.63, 3.8) is 0 Å². The first-order valence-corrected chi connectivity index (χ1v) is 10.2. The summed E-state index contributed by atoms with van der Waals surface area (Å²) in [7, 11) is -1.22. The maximum Gasteiger partial charge on any atom is 0.152 e. The molecule has 0 saturated heterocycles. The minimum Gasteiger partial charge on any atom is -0.382 e. The number of pyridine rings is 1. The van der Waals surface area contributed by atoms with Crippen LogP contribution in [0.4, 0.5) is 5.82 Å². The summed E-state index contributed by atoms with van der Waals surface area (Å²) in [6.45, 7) is 3.82. The second kappa shape index (κ2) is 8.57. The second-order valence-electron chi connectivity index (χ2n) is 6.17. The molecule has 8 heteroatoms. The molecule has 0 bridgehead atoms. The van der Waals surface area contributed by atoms with Crippen molar-refractivity contribution < 1.29 is 8.95 Å². The minimum absolute atomic E-state index is 0.436. The number of para-hydroxylation sites is 1. The van der Waals surface area contributed by atoms with Crippen molar-refractivity contribution in [2.45, 2.75) is 39.3 Å². The fourth-order valence-corrected chi connectivity index (χ4v) is 3.63. The number of nitrogens with two attached hydrogens (primary N) is 2. The summed E-state index contributed by atoms with van der Waals surface area (Å²) in [6, 6.07) is 7.96. The third kappa shape index (κ3) is 4.03. The lowest BCUT2D eigenvalue weighted by atomic mass is 10.2. The molecule has 2 aromatic heterocycles. The monoisotopic (exact) mass is 375 g/mol. The van der Waals surface area contributed by atoms with Crippen LogP contribution in [0.5, 0.6) is 0 Å². The summed E-state index contributed by atoms with van der Waals surface area (Å²) in [5.74, 6) is 1.83. The van der Waals surface area contributed by atoms with Gasteiger partial charge in [0, 0.05) is 24.3 Å². The molecule has 0 aliphatic carbocycles. The van der Waals surface area contributed by atoms with E-state index in [0.717, 1.165) is 53.6 Å². The van der Waals surface area contributed by atoms with Gasteiger partial charge in [-0.2, -0.15) is 0 Å². The summed E-state index contributed by atoms with van der Waals surface area (Å²) in [6.07, 6.45) is 2.74. The highest BCUT2D eigenvalue weighted by atomic mass is 32.2. The predicted molar refractivity (Wildman–Crippen MR) is 106 cm³/mol. The van der Waals surface area contributed by atoms with Gasteiger partial charge in [-0.3, -0.25) is 5.14 Å². The van der Waals surface area contributed by atoms with Crippen molar-refractivity contribution in [1.82, 2.24) is 14.5 Å². The number of nitrogen functional groups attached to an aromatic ring is 1. The summed E-state index contributed by atoms with van der Waals surface area (Å²) in [5.41, 5.74) is 8.76. The van der Waals surface area contributed by atoms with E-state index < -0.39 is 11.0 Å². The molecule has 0 fully saturated rings. The van der Waals surface area contributed by atoms with Crippen LogP contribution in [0.2, 0.25) is 0 Å². The van der Waals surface area contributed by atoms with E-state index in [-0.39, 0.29) is 0 Å². The molecule has 26 heavy (non-hydrogen) atoms. The first-order chi connectivity index (χ1) is 12.6. The van der Waals surface area contributed by atoms with Crippen molar-refractivity contribution >= 4 is 38.7 Å². The van der Waals surface area contributed by atoms with Crippen LogP contribution in [0.15, 0.2) is 24.3 Å². The molecule has 3 aromatic rings. The van der Waals surface area contributed by atoms with Crippen LogP contribution >= 0.6 is 0 Å². The Morgan fingerprint density at radius 1 is 1.19 bits per heavy atom. The third-order valence-electron chi connectivity index (χ3n) is 4.35. The number of anilines is 1. The Hall–Kier alpha value is -2.03. The number of hydrogen-bond donors (Lipinski definition) is 2. The van der Waals surface area contributed by atoms with Gasteiger partial charge < -0.3 is 15.0 Å². The van der Waals surface area contributed by atoms with Crippen LogP contribution in [-0.4, -0.2) is 31.1 Å². The van der Waals surface area contributed by atoms with Gasteiger partial charge in [0.2, 0.25) is 0 Å². The Morgan fingerprint density at radius 3 is 2.77 bits per heavy atom. The van der Waals surface area contributed by atoms with Crippen molar-refractivity contribution in [3.05, 3.63) is 30.1 Å². The molecule has 1 unspecified atom stereocenters. The number of nitrogens with zero attached hydrogens (tertiary/aromatic N) is 3. The van der Waals surface area contributed by atoms with E-state index in [2.05, 4.69) is 9.55 Å². The number of fused-ring (bicyclic) bond motifs is 3. The van der Waals surface area contributed by atoms with Crippen molar-refractivity contribution in [3.8, 4) is 0 Å². The molecule has 140 valence electrons. The average molecular weight is 375 g/mol. The van der Waals surface area contributed by atoms with Gasteiger partial charge in [0.05, 0.1) is 22.0 Å². The van der Waals surface area contributed by atoms with Gasteiger partial charge in [-0.1, -0.05) is 24.6 Å². The topological polar surface area (TPSA) is 109 Å². The zero-order chi connectivity index (χ0) is 18.5. The van der Waals surface area contributed by atoms with Gasteiger partial charge in [-0.15, -0.1) is 0 Å². The second-order valence-corrected chi connectivity index (χ2v) is 7.34. The SMILES string of the molecule is CCOCc1nc2c(N)nc3ccccc3c2n1CCCCCS(N)=O. The molecule has 4 N–H and O–H groups in total. The molecule has 1 atom stereocenters. The molecule has 0 spiro atoms. The standard InChI is InChI=1S/C18H25N5O2S/c1-2-25-12-15-22-16-17(23(15)10-6-3-7-11-26(20)24)13-8-4-5-9-14(13)21-18(16)19/h4-5,8-9H,2-3,6-7,10-12,20H2,1H3,(H2,19,21). The maximum atomic E-state index is 11.0. The number of hydrogen-bond acceptors (Lipinski definition) is 5. The first-order valence-electron chi connectivity index (χ1n) is 8.85. The van der Waals surface area contributed by atoms with Crippen LogP contribution < -0.4 is 10.9 Å². The molecule has 0 radical (unpaired) electrons. The van der Waals surface area contributed by atoms with E-state index in [9.17, 15) is 4.21 Å². The maximum absolute atomic E-state index is 11.0. The molecule has 0 saturated carbocycles. The van der Waals surface area contributed by atoms with Gasteiger partial charge in [0.15, 0.2) is 5.82 Å². The number of aryl methyl sites for hydroxylation is 1. The predicted octanol–water partition coefficient (Wildman–Crippen LogP) is 2.50. The normalized spacial score (nSPS) is 12.8. The summed E-state index contributed by atoms with van der Waals surface area (Å²) in [4.78, 5) is 9.19. The Kier molecular flexibility index (Phi) is 6.18. The number of ether oxygens (including phenoxy) is 1. The van der Waals surface area contributed by atoms with Crippen LogP contribution in [0.3, 0.4) is 0 Å². The van der Waals surface area contributed by atoms with Crippen LogP contribution in [0, 0.1) is 0 Å². The molecular formula is C18H25N5O2S. The third-order valence-corrected chi connectivity index (χ3v) is 5.04. The van der Waals surface area contributed by atoms with Gasteiger partial charge in [-0.05, 0) is 25.8 Å². The summed E-state index contributed by atoms with van der Waals surface area (Å²) >= 11 is 0. The highest BCUT2D eigenvalue weighted by Gasteiger charge is 2.17. The Balaban J connectivity index is 1.97. The lowest BCUT2D eigenvalue weighted by Gasteiger charge is -2.11. The van der Waals surface area contributed by atoms with Crippen molar-refractivity contribution in [2.24, 2.45) is 5.14 Å².